The highest BCUT2D eigenvalue weighted by Gasteiger charge is 2.42. The predicted octanol–water partition coefficient (Wildman–Crippen LogP) is 1.34. The molecule has 1 aromatic carbocycles. The molecule has 1 heterocycles. The van der Waals surface area contributed by atoms with Crippen molar-refractivity contribution < 1.29 is 28.2 Å². The van der Waals surface area contributed by atoms with Gasteiger partial charge in [0.05, 0.1) is 6.04 Å². The van der Waals surface area contributed by atoms with Crippen molar-refractivity contribution in [3.8, 4) is 0 Å². The molecule has 0 spiro atoms. The van der Waals surface area contributed by atoms with Gasteiger partial charge < -0.3 is 14.7 Å². The van der Waals surface area contributed by atoms with E-state index in [1.165, 1.54) is 4.90 Å². The number of aliphatic carboxylic acids is 1. The first-order valence-corrected chi connectivity index (χ1v) is 6.04. The summed E-state index contributed by atoms with van der Waals surface area (Å²) >= 11 is 0. The molecule has 1 fully saturated rings. The third kappa shape index (κ3) is 2.49. The molecule has 0 aromatic heterocycles. The fourth-order valence-corrected chi connectivity index (χ4v) is 2.31. The fourth-order valence-electron chi connectivity index (χ4n) is 2.31. The molecule has 1 N–H and O–H groups in total. The second-order valence-electron chi connectivity index (χ2n) is 4.36. The second kappa shape index (κ2) is 5.54. The highest BCUT2D eigenvalue weighted by Crippen LogP contribution is 2.32. The minimum atomic E-state index is -1.43. The maximum absolute atomic E-state index is 13.9. The summed E-state index contributed by atoms with van der Waals surface area (Å²) in [7, 11) is 0. The number of carbonyl (C=O) groups excluding carboxylic acids is 1. The van der Waals surface area contributed by atoms with Gasteiger partial charge in [-0.25, -0.2) is 13.6 Å². The van der Waals surface area contributed by atoms with Crippen LogP contribution in [-0.2, 0) is 14.3 Å². The van der Waals surface area contributed by atoms with E-state index in [4.69, 9.17) is 9.84 Å². The van der Waals surface area contributed by atoms with E-state index in [2.05, 4.69) is 0 Å². The van der Waals surface area contributed by atoms with Crippen LogP contribution in [0.25, 0.3) is 0 Å². The summed E-state index contributed by atoms with van der Waals surface area (Å²) in [5.74, 6) is -3.28. The molecule has 0 saturated carbocycles. The topological polar surface area (TPSA) is 66.8 Å². The van der Waals surface area contributed by atoms with Crippen molar-refractivity contribution in [1.29, 1.82) is 0 Å². The minimum absolute atomic E-state index is 0.173. The summed E-state index contributed by atoms with van der Waals surface area (Å²) in [6.07, 6.45) is -1.43. The Bertz CT molecular complexity index is 547. The lowest BCUT2D eigenvalue weighted by Gasteiger charge is -2.38. The van der Waals surface area contributed by atoms with E-state index in [0.29, 0.717) is 0 Å². The number of nitrogens with zero attached hydrogens (tertiary/aromatic N) is 1. The van der Waals surface area contributed by atoms with E-state index in [9.17, 15) is 18.4 Å². The number of morpholine rings is 1. The zero-order chi connectivity index (χ0) is 14.9. The summed E-state index contributed by atoms with van der Waals surface area (Å²) in [6.45, 7) is 1.41. The number of rotatable bonds is 3. The molecule has 1 saturated heterocycles. The predicted molar refractivity (Wildman–Crippen MR) is 63.9 cm³/mol. The molecule has 0 bridgehead atoms. The smallest absolute Gasteiger partial charge is 0.335 e. The number of carboxylic acid groups (broad SMARTS) is 1. The molecular formula is C13H13F2NO4. The number of carboxylic acids is 1. The number of likely N-dealkylation sites (N-methyl/N-ethyl adjacent to an activating group) is 1. The van der Waals surface area contributed by atoms with Crippen LogP contribution in [0.3, 0.4) is 0 Å². The second-order valence-corrected chi connectivity index (χ2v) is 4.36. The van der Waals surface area contributed by atoms with Crippen molar-refractivity contribution in [3.05, 3.63) is 35.4 Å². The molecule has 1 aromatic rings. The SMILES string of the molecule is CCN1C(=O)COC(C(=O)O)C1c1cc(F)ccc1F. The lowest BCUT2D eigenvalue weighted by molar-refractivity contribution is -0.173. The van der Waals surface area contributed by atoms with Gasteiger partial charge in [0.25, 0.3) is 0 Å². The van der Waals surface area contributed by atoms with E-state index in [-0.39, 0.29) is 12.1 Å². The average Bonchev–Trinajstić information content (AvgIpc) is 2.40. The van der Waals surface area contributed by atoms with E-state index in [0.717, 1.165) is 18.2 Å². The maximum Gasteiger partial charge on any atom is 0.335 e. The van der Waals surface area contributed by atoms with Gasteiger partial charge in [-0.05, 0) is 25.1 Å². The van der Waals surface area contributed by atoms with E-state index in [1.54, 1.807) is 6.92 Å². The molecule has 5 nitrogen and oxygen atoms in total. The van der Waals surface area contributed by atoms with Crippen LogP contribution in [0.1, 0.15) is 18.5 Å². The van der Waals surface area contributed by atoms with Gasteiger partial charge in [-0.1, -0.05) is 0 Å². The standard InChI is InChI=1S/C13H13F2NO4/c1-2-16-10(17)6-20-12(13(18)19)11(16)8-5-7(14)3-4-9(8)15/h3-5,11-12H,2,6H2,1H3,(H,18,19). The molecule has 2 atom stereocenters. The molecule has 0 aliphatic carbocycles. The van der Waals surface area contributed by atoms with Crippen LogP contribution in [0.2, 0.25) is 0 Å². The maximum atomic E-state index is 13.9. The van der Waals surface area contributed by atoms with Gasteiger partial charge in [0.1, 0.15) is 18.2 Å². The molecule has 7 heteroatoms. The first-order chi connectivity index (χ1) is 9.45. The molecule has 20 heavy (non-hydrogen) atoms. The van der Waals surface area contributed by atoms with Crippen LogP contribution in [0.15, 0.2) is 18.2 Å². The normalized spacial score (nSPS) is 22.9. The van der Waals surface area contributed by atoms with Crippen molar-refractivity contribution in [2.45, 2.75) is 19.1 Å². The molecule has 1 aliphatic heterocycles. The van der Waals surface area contributed by atoms with Gasteiger partial charge >= 0.3 is 5.97 Å². The van der Waals surface area contributed by atoms with E-state index >= 15 is 0 Å². The van der Waals surface area contributed by atoms with E-state index in [1.807, 2.05) is 0 Å². The van der Waals surface area contributed by atoms with Crippen molar-refractivity contribution in [2.75, 3.05) is 13.2 Å². The third-order valence-corrected chi connectivity index (χ3v) is 3.19. The Morgan fingerprint density at radius 2 is 2.20 bits per heavy atom. The lowest BCUT2D eigenvalue weighted by atomic mass is 9.97. The van der Waals surface area contributed by atoms with Crippen molar-refractivity contribution in [1.82, 2.24) is 4.90 Å². The Morgan fingerprint density at radius 1 is 1.50 bits per heavy atom. The lowest BCUT2D eigenvalue weighted by Crippen LogP contribution is -2.51. The van der Waals surface area contributed by atoms with Crippen LogP contribution in [0, 0.1) is 11.6 Å². The first kappa shape index (κ1) is 14.4. The van der Waals surface area contributed by atoms with Crippen molar-refractivity contribution in [3.63, 3.8) is 0 Å². The molecular weight excluding hydrogens is 272 g/mol. The molecule has 1 amide bonds. The van der Waals surface area contributed by atoms with Crippen molar-refractivity contribution in [2.24, 2.45) is 0 Å². The third-order valence-electron chi connectivity index (χ3n) is 3.19. The van der Waals surface area contributed by atoms with Crippen LogP contribution in [0.4, 0.5) is 8.78 Å². The van der Waals surface area contributed by atoms with Gasteiger partial charge in [-0.2, -0.15) is 0 Å². The first-order valence-electron chi connectivity index (χ1n) is 6.04. The van der Waals surface area contributed by atoms with Crippen LogP contribution in [0.5, 0.6) is 0 Å². The number of benzene rings is 1. The van der Waals surface area contributed by atoms with Gasteiger partial charge in [0, 0.05) is 12.1 Å². The quantitative estimate of drug-likeness (QED) is 0.910. The number of ether oxygens (including phenoxy) is 1. The van der Waals surface area contributed by atoms with E-state index < -0.39 is 42.3 Å². The minimum Gasteiger partial charge on any atom is -0.479 e. The Kier molecular flexibility index (Phi) is 3.99. The van der Waals surface area contributed by atoms with Crippen LogP contribution >= 0.6 is 0 Å². The molecule has 0 radical (unpaired) electrons. The number of amides is 1. The summed E-state index contributed by atoms with van der Waals surface area (Å²) < 4.78 is 32.1. The number of carbonyl (C=O) groups is 2. The largest absolute Gasteiger partial charge is 0.479 e. The molecule has 2 rings (SSSR count). The Hall–Kier alpha value is -2.02. The van der Waals surface area contributed by atoms with Gasteiger partial charge in [0.15, 0.2) is 6.10 Å². The average molecular weight is 285 g/mol. The van der Waals surface area contributed by atoms with Crippen molar-refractivity contribution >= 4 is 11.9 Å². The Morgan fingerprint density at radius 3 is 2.80 bits per heavy atom. The molecule has 1 aliphatic rings. The van der Waals surface area contributed by atoms with Gasteiger partial charge in [-0.3, -0.25) is 4.79 Å². The number of hydrogen-bond acceptors (Lipinski definition) is 3. The summed E-state index contributed by atoms with van der Waals surface area (Å²) in [6, 6.07) is 1.53. The summed E-state index contributed by atoms with van der Waals surface area (Å²) in [4.78, 5) is 24.2. The monoisotopic (exact) mass is 285 g/mol. The van der Waals surface area contributed by atoms with Crippen LogP contribution < -0.4 is 0 Å². The summed E-state index contributed by atoms with van der Waals surface area (Å²) in [5.41, 5.74) is -0.202. The summed E-state index contributed by atoms with van der Waals surface area (Å²) in [5, 5.41) is 9.15. The molecule has 2 unspecified atom stereocenters. The highest BCUT2D eigenvalue weighted by atomic mass is 19.1. The number of halogens is 2. The Balaban J connectivity index is 2.52. The van der Waals surface area contributed by atoms with Gasteiger partial charge in [0.2, 0.25) is 5.91 Å². The highest BCUT2D eigenvalue weighted by molar-refractivity contribution is 5.83. The zero-order valence-corrected chi connectivity index (χ0v) is 10.7. The fraction of sp³-hybridized carbons (Fsp3) is 0.385. The van der Waals surface area contributed by atoms with Crippen LogP contribution in [-0.4, -0.2) is 41.1 Å². The Labute approximate surface area is 113 Å². The van der Waals surface area contributed by atoms with Gasteiger partial charge in [-0.15, -0.1) is 0 Å². The molecule has 108 valence electrons. The zero-order valence-electron chi connectivity index (χ0n) is 10.7. The number of hydrogen-bond donors (Lipinski definition) is 1.